The van der Waals surface area contributed by atoms with E-state index < -0.39 is 0 Å². The van der Waals surface area contributed by atoms with Gasteiger partial charge < -0.3 is 4.74 Å². The number of methoxy groups -OCH3 is 1. The minimum absolute atomic E-state index is 0.293. The minimum Gasteiger partial charge on any atom is -0.497 e. The highest BCUT2D eigenvalue weighted by atomic mass is 16.5. The van der Waals surface area contributed by atoms with Crippen LogP contribution in [0.3, 0.4) is 0 Å². The Bertz CT molecular complexity index is 470. The molecule has 1 saturated heterocycles. The van der Waals surface area contributed by atoms with Crippen LogP contribution >= 0.6 is 0 Å². The van der Waals surface area contributed by atoms with E-state index in [4.69, 9.17) is 4.74 Å². The second kappa shape index (κ2) is 7.13. The Balaban J connectivity index is 2.30. The summed E-state index contributed by atoms with van der Waals surface area (Å²) in [5.74, 6) is 1.63. The summed E-state index contributed by atoms with van der Waals surface area (Å²) < 4.78 is 5.44. The minimum atomic E-state index is 0.293. The number of piperidine rings is 1. The first-order chi connectivity index (χ1) is 10.2. The third kappa shape index (κ3) is 3.32. The van der Waals surface area contributed by atoms with Crippen molar-refractivity contribution in [3.8, 4) is 5.75 Å². The van der Waals surface area contributed by atoms with Gasteiger partial charge in [0.15, 0.2) is 0 Å². The second-order valence-corrected chi connectivity index (χ2v) is 6.34. The standard InChI is InChI=1S/C19H29NO/c1-5-10-19(17-8-7-9-18(14-17)21-4)11-13-20(12-6-2)15-16(19)3/h6-9,14,16H,2,5,10-13,15H2,1,3-4H3. The molecule has 1 heterocycles. The van der Waals surface area contributed by atoms with E-state index in [0.29, 0.717) is 11.3 Å². The van der Waals surface area contributed by atoms with Crippen LogP contribution in [0.15, 0.2) is 36.9 Å². The molecule has 2 atom stereocenters. The number of rotatable bonds is 6. The topological polar surface area (TPSA) is 12.5 Å². The van der Waals surface area contributed by atoms with Crippen LogP contribution in [0.4, 0.5) is 0 Å². The van der Waals surface area contributed by atoms with E-state index in [1.807, 2.05) is 12.1 Å². The third-order valence-corrected chi connectivity index (χ3v) is 5.08. The van der Waals surface area contributed by atoms with Gasteiger partial charge in [0.05, 0.1) is 7.11 Å². The molecular formula is C19H29NO. The normalized spacial score (nSPS) is 26.5. The number of ether oxygens (including phenoxy) is 1. The van der Waals surface area contributed by atoms with Crippen LogP contribution in [0.2, 0.25) is 0 Å². The van der Waals surface area contributed by atoms with Gasteiger partial charge in [0.1, 0.15) is 5.75 Å². The molecule has 0 bridgehead atoms. The first-order valence-electron chi connectivity index (χ1n) is 8.14. The summed E-state index contributed by atoms with van der Waals surface area (Å²) in [6, 6.07) is 8.71. The summed E-state index contributed by atoms with van der Waals surface area (Å²) in [5, 5.41) is 0. The molecule has 0 radical (unpaired) electrons. The van der Waals surface area contributed by atoms with Crippen LogP contribution in [0.5, 0.6) is 5.75 Å². The van der Waals surface area contributed by atoms with Gasteiger partial charge in [-0.25, -0.2) is 0 Å². The highest BCUT2D eigenvalue weighted by Crippen LogP contribution is 2.44. The van der Waals surface area contributed by atoms with E-state index in [1.54, 1.807) is 7.11 Å². The molecule has 0 aromatic heterocycles. The molecule has 0 spiro atoms. The highest BCUT2D eigenvalue weighted by molar-refractivity contribution is 5.35. The van der Waals surface area contributed by atoms with E-state index in [2.05, 4.69) is 43.5 Å². The van der Waals surface area contributed by atoms with Gasteiger partial charge in [-0.15, -0.1) is 6.58 Å². The lowest BCUT2D eigenvalue weighted by Gasteiger charge is -2.47. The van der Waals surface area contributed by atoms with Crippen LogP contribution in [-0.4, -0.2) is 31.6 Å². The molecule has 1 fully saturated rings. The SMILES string of the molecule is C=CCN1CCC(CCC)(c2cccc(OC)c2)C(C)C1. The number of hydrogen-bond acceptors (Lipinski definition) is 2. The largest absolute Gasteiger partial charge is 0.497 e. The van der Waals surface area contributed by atoms with E-state index in [0.717, 1.165) is 25.4 Å². The molecule has 116 valence electrons. The summed E-state index contributed by atoms with van der Waals surface area (Å²) in [4.78, 5) is 2.52. The maximum atomic E-state index is 5.44. The molecule has 1 aliphatic rings. The molecule has 2 heteroatoms. The zero-order valence-electron chi connectivity index (χ0n) is 13.8. The molecule has 0 N–H and O–H groups in total. The predicted molar refractivity (Wildman–Crippen MR) is 90.0 cm³/mol. The van der Waals surface area contributed by atoms with Gasteiger partial charge in [-0.1, -0.05) is 38.5 Å². The quantitative estimate of drug-likeness (QED) is 0.725. The maximum Gasteiger partial charge on any atom is 0.119 e. The van der Waals surface area contributed by atoms with Gasteiger partial charge in [-0.05, 0) is 43.0 Å². The molecule has 0 aliphatic carbocycles. The van der Waals surface area contributed by atoms with Crippen LogP contribution in [0.25, 0.3) is 0 Å². The molecule has 21 heavy (non-hydrogen) atoms. The molecule has 0 saturated carbocycles. The summed E-state index contributed by atoms with van der Waals surface area (Å²) >= 11 is 0. The van der Waals surface area contributed by atoms with Crippen LogP contribution < -0.4 is 4.74 Å². The Morgan fingerprint density at radius 2 is 2.29 bits per heavy atom. The number of benzene rings is 1. The van der Waals surface area contributed by atoms with Crippen molar-refractivity contribution in [2.45, 2.75) is 38.5 Å². The van der Waals surface area contributed by atoms with E-state index >= 15 is 0 Å². The average molecular weight is 287 g/mol. The van der Waals surface area contributed by atoms with Crippen molar-refractivity contribution in [2.24, 2.45) is 5.92 Å². The van der Waals surface area contributed by atoms with E-state index in [-0.39, 0.29) is 0 Å². The van der Waals surface area contributed by atoms with Crippen molar-refractivity contribution in [2.75, 3.05) is 26.7 Å². The third-order valence-electron chi connectivity index (χ3n) is 5.08. The molecule has 0 amide bonds. The summed E-state index contributed by atoms with van der Waals surface area (Å²) in [6.45, 7) is 11.9. The zero-order valence-corrected chi connectivity index (χ0v) is 13.8. The van der Waals surface area contributed by atoms with Gasteiger partial charge in [0, 0.05) is 18.5 Å². The Morgan fingerprint density at radius 3 is 2.90 bits per heavy atom. The van der Waals surface area contributed by atoms with Crippen molar-refractivity contribution >= 4 is 0 Å². The summed E-state index contributed by atoms with van der Waals surface area (Å²) in [6.07, 6.45) is 5.72. The summed E-state index contributed by atoms with van der Waals surface area (Å²) in [5.41, 5.74) is 1.75. The van der Waals surface area contributed by atoms with E-state index in [9.17, 15) is 0 Å². The first-order valence-corrected chi connectivity index (χ1v) is 8.14. The Hall–Kier alpha value is -1.28. The van der Waals surface area contributed by atoms with Gasteiger partial charge in [0.2, 0.25) is 0 Å². The fourth-order valence-electron chi connectivity index (χ4n) is 3.93. The average Bonchev–Trinajstić information content (AvgIpc) is 2.50. The smallest absolute Gasteiger partial charge is 0.119 e. The lowest BCUT2D eigenvalue weighted by atomic mass is 9.64. The molecule has 2 nitrogen and oxygen atoms in total. The van der Waals surface area contributed by atoms with Crippen molar-refractivity contribution in [1.82, 2.24) is 4.90 Å². The number of likely N-dealkylation sites (tertiary alicyclic amines) is 1. The molecule has 2 unspecified atom stereocenters. The fraction of sp³-hybridized carbons (Fsp3) is 0.579. The zero-order chi connectivity index (χ0) is 15.3. The van der Waals surface area contributed by atoms with E-state index in [1.165, 1.54) is 24.8 Å². The molecule has 1 aliphatic heterocycles. The van der Waals surface area contributed by atoms with Gasteiger partial charge >= 0.3 is 0 Å². The predicted octanol–water partition coefficient (Wildman–Crippen LogP) is 4.26. The van der Waals surface area contributed by atoms with Crippen molar-refractivity contribution in [3.05, 3.63) is 42.5 Å². The monoisotopic (exact) mass is 287 g/mol. The maximum absolute atomic E-state index is 5.44. The lowest BCUT2D eigenvalue weighted by molar-refractivity contribution is 0.101. The first kappa shape index (κ1) is 16.1. The van der Waals surface area contributed by atoms with Crippen molar-refractivity contribution < 1.29 is 4.74 Å². The molecule has 2 rings (SSSR count). The number of nitrogens with zero attached hydrogens (tertiary/aromatic N) is 1. The Morgan fingerprint density at radius 1 is 1.48 bits per heavy atom. The second-order valence-electron chi connectivity index (χ2n) is 6.34. The van der Waals surface area contributed by atoms with Crippen molar-refractivity contribution in [3.63, 3.8) is 0 Å². The van der Waals surface area contributed by atoms with Crippen LogP contribution in [-0.2, 0) is 5.41 Å². The fourth-order valence-corrected chi connectivity index (χ4v) is 3.93. The Kier molecular flexibility index (Phi) is 5.46. The number of hydrogen-bond donors (Lipinski definition) is 0. The van der Waals surface area contributed by atoms with Gasteiger partial charge in [-0.2, -0.15) is 0 Å². The molecule has 1 aromatic rings. The van der Waals surface area contributed by atoms with Gasteiger partial charge in [0.25, 0.3) is 0 Å². The highest BCUT2D eigenvalue weighted by Gasteiger charge is 2.41. The summed E-state index contributed by atoms with van der Waals surface area (Å²) in [7, 11) is 1.75. The van der Waals surface area contributed by atoms with Crippen LogP contribution in [0.1, 0.15) is 38.7 Å². The van der Waals surface area contributed by atoms with Crippen molar-refractivity contribution in [1.29, 1.82) is 0 Å². The molecular weight excluding hydrogens is 258 g/mol. The lowest BCUT2D eigenvalue weighted by Crippen LogP contribution is -2.48. The Labute approximate surface area is 129 Å². The van der Waals surface area contributed by atoms with Gasteiger partial charge in [-0.3, -0.25) is 4.90 Å². The molecule has 1 aromatic carbocycles. The van der Waals surface area contributed by atoms with Crippen LogP contribution in [0, 0.1) is 5.92 Å².